The van der Waals surface area contributed by atoms with Crippen LogP contribution >= 0.6 is 0 Å². The summed E-state index contributed by atoms with van der Waals surface area (Å²) in [6.45, 7) is 0. The van der Waals surface area contributed by atoms with Crippen LogP contribution in [0.15, 0.2) is 82.4 Å². The van der Waals surface area contributed by atoms with Crippen molar-refractivity contribution in [1.82, 2.24) is 9.13 Å². The first-order valence-corrected chi connectivity index (χ1v) is 8.42. The van der Waals surface area contributed by atoms with Gasteiger partial charge in [0, 0.05) is 11.4 Å². The van der Waals surface area contributed by atoms with Gasteiger partial charge < -0.3 is 0 Å². The minimum Gasteiger partial charge on any atom is -0.271 e. The number of fused-ring (bicyclic) bond motifs is 1. The summed E-state index contributed by atoms with van der Waals surface area (Å²) in [6, 6.07) is 24.1. The summed E-state index contributed by atoms with van der Waals surface area (Å²) < 4.78 is 2.69. The lowest BCUT2D eigenvalue weighted by Gasteiger charge is -2.15. The third kappa shape index (κ3) is 2.66. The van der Waals surface area contributed by atoms with Gasteiger partial charge in [-0.25, -0.2) is 0 Å². The summed E-state index contributed by atoms with van der Waals surface area (Å²) >= 11 is 0. The van der Waals surface area contributed by atoms with E-state index in [1.165, 1.54) is 9.13 Å². The molecule has 0 atom stereocenters. The average molecular weight is 364 g/mol. The van der Waals surface area contributed by atoms with Gasteiger partial charge in [0.1, 0.15) is 0 Å². The molecular formula is C22H12N4O2. The van der Waals surface area contributed by atoms with E-state index in [1.54, 1.807) is 72.8 Å². The zero-order chi connectivity index (χ0) is 19.7. The molecule has 0 unspecified atom stereocenters. The van der Waals surface area contributed by atoms with Crippen molar-refractivity contribution in [1.29, 1.82) is 10.5 Å². The van der Waals surface area contributed by atoms with Gasteiger partial charge in [0.25, 0.3) is 0 Å². The van der Waals surface area contributed by atoms with Crippen molar-refractivity contribution in [3.63, 3.8) is 0 Å². The Balaban J connectivity index is 2.06. The van der Waals surface area contributed by atoms with Crippen molar-refractivity contribution in [2.24, 2.45) is 0 Å². The molecule has 0 saturated carbocycles. The Morgan fingerprint density at radius 3 is 1.25 bits per heavy atom. The highest BCUT2D eigenvalue weighted by molar-refractivity contribution is 5.79. The van der Waals surface area contributed by atoms with Crippen LogP contribution in [-0.4, -0.2) is 9.13 Å². The molecule has 0 N–H and O–H groups in total. The molecule has 0 bridgehead atoms. The molecule has 3 aromatic carbocycles. The monoisotopic (exact) mass is 364 g/mol. The van der Waals surface area contributed by atoms with Gasteiger partial charge in [-0.1, -0.05) is 12.1 Å². The fourth-order valence-electron chi connectivity index (χ4n) is 3.14. The van der Waals surface area contributed by atoms with E-state index in [4.69, 9.17) is 10.5 Å². The highest BCUT2D eigenvalue weighted by Crippen LogP contribution is 2.19. The van der Waals surface area contributed by atoms with E-state index in [-0.39, 0.29) is 0 Å². The molecule has 6 heteroatoms. The Labute approximate surface area is 159 Å². The lowest BCUT2D eigenvalue weighted by molar-refractivity contribution is 0.918. The molecule has 6 nitrogen and oxygen atoms in total. The van der Waals surface area contributed by atoms with Gasteiger partial charge in [-0.2, -0.15) is 10.5 Å². The number of benzene rings is 3. The van der Waals surface area contributed by atoms with Crippen LogP contribution in [0.25, 0.3) is 22.4 Å². The van der Waals surface area contributed by atoms with E-state index in [1.807, 2.05) is 12.1 Å². The molecule has 1 heterocycles. The largest absolute Gasteiger partial charge is 0.321 e. The molecule has 0 aliphatic carbocycles. The molecule has 4 rings (SSSR count). The SMILES string of the molecule is N#Cc1ccc(-n2c(=O)c(=O)n(-c3ccc(C#N)cc3)c3ccccc32)cc1. The summed E-state index contributed by atoms with van der Waals surface area (Å²) in [5.74, 6) is 0. The van der Waals surface area contributed by atoms with Gasteiger partial charge in [-0.15, -0.1) is 0 Å². The number of rotatable bonds is 2. The zero-order valence-corrected chi connectivity index (χ0v) is 14.5. The quantitative estimate of drug-likeness (QED) is 0.511. The fourth-order valence-corrected chi connectivity index (χ4v) is 3.14. The number of para-hydroxylation sites is 2. The van der Waals surface area contributed by atoms with Crippen LogP contribution in [0.4, 0.5) is 0 Å². The first-order chi connectivity index (χ1) is 13.6. The molecule has 0 amide bonds. The minimum atomic E-state index is -0.701. The van der Waals surface area contributed by atoms with Crippen LogP contribution < -0.4 is 11.1 Å². The van der Waals surface area contributed by atoms with Crippen molar-refractivity contribution in [3.8, 4) is 23.5 Å². The smallest absolute Gasteiger partial charge is 0.271 e. The summed E-state index contributed by atoms with van der Waals surface area (Å²) in [5.41, 5.74) is 1.65. The second kappa shape index (κ2) is 6.71. The third-order valence-corrected chi connectivity index (χ3v) is 4.46. The van der Waals surface area contributed by atoms with E-state index in [2.05, 4.69) is 0 Å². The molecule has 0 saturated heterocycles. The Hall–Kier alpha value is -4.42. The van der Waals surface area contributed by atoms with Gasteiger partial charge in [-0.3, -0.25) is 18.7 Å². The molecule has 0 spiro atoms. The van der Waals surface area contributed by atoms with Crippen LogP contribution in [0.5, 0.6) is 0 Å². The van der Waals surface area contributed by atoms with Crippen LogP contribution in [0, 0.1) is 22.7 Å². The van der Waals surface area contributed by atoms with Crippen molar-refractivity contribution in [3.05, 3.63) is 105 Å². The number of hydrogen-bond acceptors (Lipinski definition) is 4. The molecule has 4 aromatic rings. The van der Waals surface area contributed by atoms with Crippen molar-refractivity contribution in [2.45, 2.75) is 0 Å². The predicted octanol–water partition coefficient (Wildman–Crippen LogP) is 2.88. The standard InChI is InChI=1S/C22H12N4O2/c23-13-15-5-9-17(10-6-15)25-19-3-1-2-4-20(19)26(22(28)21(25)27)18-11-7-16(14-24)8-12-18/h1-12H. The molecule has 0 radical (unpaired) electrons. The molecule has 1 aromatic heterocycles. The van der Waals surface area contributed by atoms with E-state index in [0.717, 1.165) is 0 Å². The molecule has 0 fully saturated rings. The Morgan fingerprint density at radius 1 is 0.571 bits per heavy atom. The summed E-state index contributed by atoms with van der Waals surface area (Å²) in [5, 5.41) is 18.0. The van der Waals surface area contributed by atoms with Crippen molar-refractivity contribution < 1.29 is 0 Å². The highest BCUT2D eigenvalue weighted by atomic mass is 16.2. The maximum Gasteiger partial charge on any atom is 0.321 e. The van der Waals surface area contributed by atoms with Crippen LogP contribution in [0.3, 0.4) is 0 Å². The highest BCUT2D eigenvalue weighted by Gasteiger charge is 2.15. The van der Waals surface area contributed by atoms with Crippen LogP contribution in [-0.2, 0) is 0 Å². The molecule has 0 aliphatic heterocycles. The van der Waals surface area contributed by atoms with E-state index in [0.29, 0.717) is 33.5 Å². The maximum atomic E-state index is 13.0. The lowest BCUT2D eigenvalue weighted by atomic mass is 10.2. The molecule has 132 valence electrons. The van der Waals surface area contributed by atoms with Gasteiger partial charge in [0.2, 0.25) is 0 Å². The minimum absolute atomic E-state index is 0.465. The Bertz CT molecular complexity index is 1290. The maximum absolute atomic E-state index is 13.0. The summed E-state index contributed by atoms with van der Waals surface area (Å²) in [7, 11) is 0. The summed E-state index contributed by atoms with van der Waals surface area (Å²) in [4.78, 5) is 25.9. The van der Waals surface area contributed by atoms with Gasteiger partial charge in [0.15, 0.2) is 0 Å². The molecule has 28 heavy (non-hydrogen) atoms. The average Bonchev–Trinajstić information content (AvgIpc) is 2.75. The molecular weight excluding hydrogens is 352 g/mol. The van der Waals surface area contributed by atoms with Crippen molar-refractivity contribution >= 4 is 11.0 Å². The first-order valence-electron chi connectivity index (χ1n) is 8.42. The van der Waals surface area contributed by atoms with E-state index < -0.39 is 11.1 Å². The fraction of sp³-hybridized carbons (Fsp3) is 0. The second-order valence-corrected chi connectivity index (χ2v) is 6.09. The second-order valence-electron chi connectivity index (χ2n) is 6.09. The van der Waals surface area contributed by atoms with Crippen LogP contribution in [0.1, 0.15) is 11.1 Å². The summed E-state index contributed by atoms with van der Waals surface area (Å²) in [6.07, 6.45) is 0. The Morgan fingerprint density at radius 2 is 0.929 bits per heavy atom. The van der Waals surface area contributed by atoms with Gasteiger partial charge in [0.05, 0.1) is 34.3 Å². The number of hydrogen-bond donors (Lipinski definition) is 0. The first kappa shape index (κ1) is 17.0. The van der Waals surface area contributed by atoms with E-state index >= 15 is 0 Å². The third-order valence-electron chi connectivity index (χ3n) is 4.46. The lowest BCUT2D eigenvalue weighted by Crippen LogP contribution is -2.40. The normalized spacial score (nSPS) is 10.4. The topological polar surface area (TPSA) is 91.6 Å². The predicted molar refractivity (Wildman–Crippen MR) is 105 cm³/mol. The van der Waals surface area contributed by atoms with Gasteiger partial charge >= 0.3 is 11.1 Å². The number of aromatic nitrogens is 2. The Kier molecular flexibility index (Phi) is 4.08. The number of nitrogens with zero attached hydrogens (tertiary/aromatic N) is 4. The molecule has 0 aliphatic rings. The van der Waals surface area contributed by atoms with E-state index in [9.17, 15) is 9.59 Å². The zero-order valence-electron chi connectivity index (χ0n) is 14.5. The number of nitriles is 2. The van der Waals surface area contributed by atoms with Gasteiger partial charge in [-0.05, 0) is 60.7 Å². The van der Waals surface area contributed by atoms with Crippen LogP contribution in [0.2, 0.25) is 0 Å². The van der Waals surface area contributed by atoms with Crippen molar-refractivity contribution in [2.75, 3.05) is 0 Å².